The average Bonchev–Trinajstić information content (AvgIpc) is 2.89. The molecule has 2 atom stereocenters. The molecule has 1 aromatic heterocycles. The van der Waals surface area contributed by atoms with Crippen molar-refractivity contribution in [2.24, 2.45) is 0 Å². The Morgan fingerprint density at radius 1 is 1.15 bits per heavy atom. The fourth-order valence-corrected chi connectivity index (χ4v) is 3.10. The summed E-state index contributed by atoms with van der Waals surface area (Å²) < 4.78 is 0. The van der Waals surface area contributed by atoms with Crippen LogP contribution in [0.4, 0.5) is 5.82 Å². The van der Waals surface area contributed by atoms with E-state index in [9.17, 15) is 0 Å². The molecule has 3 heteroatoms. The van der Waals surface area contributed by atoms with Crippen molar-refractivity contribution in [3.63, 3.8) is 0 Å². The summed E-state index contributed by atoms with van der Waals surface area (Å²) >= 11 is 0. The van der Waals surface area contributed by atoms with Crippen molar-refractivity contribution >= 4 is 5.82 Å². The monoisotopic (exact) mass is 267 g/mol. The molecule has 0 aliphatic carbocycles. The van der Waals surface area contributed by atoms with Gasteiger partial charge >= 0.3 is 0 Å². The molecule has 3 rings (SSSR count). The third-order valence-electron chi connectivity index (χ3n) is 4.19. The van der Waals surface area contributed by atoms with E-state index in [1.807, 2.05) is 30.5 Å². The molecule has 0 radical (unpaired) electrons. The topological polar surface area (TPSA) is 29.0 Å². The second kappa shape index (κ2) is 5.61. The SMILES string of the molecule is CCC1CCC(C)N1c1ccnc(-c2ccccc2)n1. The second-order valence-electron chi connectivity index (χ2n) is 5.50. The van der Waals surface area contributed by atoms with Gasteiger partial charge in [-0.3, -0.25) is 0 Å². The van der Waals surface area contributed by atoms with Crippen LogP contribution < -0.4 is 4.90 Å². The van der Waals surface area contributed by atoms with E-state index in [2.05, 4.69) is 35.9 Å². The fraction of sp³-hybridized carbons (Fsp3) is 0.412. The van der Waals surface area contributed by atoms with Gasteiger partial charge in [0.2, 0.25) is 0 Å². The molecule has 0 saturated carbocycles. The molecule has 2 aromatic rings. The first-order valence-electron chi connectivity index (χ1n) is 7.46. The van der Waals surface area contributed by atoms with Gasteiger partial charge in [-0.25, -0.2) is 9.97 Å². The van der Waals surface area contributed by atoms with E-state index in [-0.39, 0.29) is 0 Å². The van der Waals surface area contributed by atoms with E-state index in [1.54, 1.807) is 0 Å². The minimum absolute atomic E-state index is 0.568. The van der Waals surface area contributed by atoms with Crippen LogP contribution in [0.15, 0.2) is 42.6 Å². The smallest absolute Gasteiger partial charge is 0.161 e. The van der Waals surface area contributed by atoms with Gasteiger partial charge in [-0.05, 0) is 32.3 Å². The molecule has 3 nitrogen and oxygen atoms in total. The van der Waals surface area contributed by atoms with Gasteiger partial charge in [0.1, 0.15) is 5.82 Å². The quantitative estimate of drug-likeness (QED) is 0.844. The van der Waals surface area contributed by atoms with E-state index in [0.29, 0.717) is 12.1 Å². The highest BCUT2D eigenvalue weighted by Gasteiger charge is 2.30. The summed E-state index contributed by atoms with van der Waals surface area (Å²) in [6, 6.07) is 13.4. The number of rotatable bonds is 3. The van der Waals surface area contributed by atoms with Crippen molar-refractivity contribution in [3.8, 4) is 11.4 Å². The van der Waals surface area contributed by atoms with Gasteiger partial charge < -0.3 is 4.90 Å². The van der Waals surface area contributed by atoms with Crippen molar-refractivity contribution in [2.45, 2.75) is 45.2 Å². The minimum atomic E-state index is 0.568. The molecule has 1 aliphatic heterocycles. The molecule has 0 N–H and O–H groups in total. The lowest BCUT2D eigenvalue weighted by Crippen LogP contribution is -2.34. The maximum Gasteiger partial charge on any atom is 0.161 e. The summed E-state index contributed by atoms with van der Waals surface area (Å²) in [4.78, 5) is 11.7. The highest BCUT2D eigenvalue weighted by atomic mass is 15.3. The van der Waals surface area contributed by atoms with Gasteiger partial charge in [-0.15, -0.1) is 0 Å². The largest absolute Gasteiger partial charge is 0.351 e. The molecule has 2 heterocycles. The molecule has 2 unspecified atom stereocenters. The number of nitrogens with zero attached hydrogens (tertiary/aromatic N) is 3. The third-order valence-corrected chi connectivity index (χ3v) is 4.19. The number of anilines is 1. The van der Waals surface area contributed by atoms with E-state index in [0.717, 1.165) is 17.2 Å². The normalized spacial score (nSPS) is 22.2. The van der Waals surface area contributed by atoms with Crippen LogP contribution in [-0.4, -0.2) is 22.1 Å². The van der Waals surface area contributed by atoms with Crippen LogP contribution in [0.3, 0.4) is 0 Å². The van der Waals surface area contributed by atoms with Gasteiger partial charge in [-0.2, -0.15) is 0 Å². The number of hydrogen-bond acceptors (Lipinski definition) is 3. The van der Waals surface area contributed by atoms with E-state index < -0.39 is 0 Å². The van der Waals surface area contributed by atoms with Gasteiger partial charge in [0.05, 0.1) is 0 Å². The maximum absolute atomic E-state index is 4.79. The average molecular weight is 267 g/mol. The zero-order valence-corrected chi connectivity index (χ0v) is 12.2. The van der Waals surface area contributed by atoms with Crippen molar-refractivity contribution in [3.05, 3.63) is 42.6 Å². The van der Waals surface area contributed by atoms with Gasteiger partial charge in [0, 0.05) is 23.8 Å². The van der Waals surface area contributed by atoms with Crippen molar-refractivity contribution in [1.29, 1.82) is 0 Å². The maximum atomic E-state index is 4.79. The first-order chi connectivity index (χ1) is 9.79. The van der Waals surface area contributed by atoms with E-state index in [4.69, 9.17) is 4.98 Å². The third kappa shape index (κ3) is 2.40. The van der Waals surface area contributed by atoms with E-state index in [1.165, 1.54) is 19.3 Å². The number of hydrogen-bond donors (Lipinski definition) is 0. The van der Waals surface area contributed by atoms with Crippen LogP contribution in [0, 0.1) is 0 Å². The van der Waals surface area contributed by atoms with Crippen LogP contribution in [0.5, 0.6) is 0 Å². The van der Waals surface area contributed by atoms with Crippen molar-refractivity contribution in [1.82, 2.24) is 9.97 Å². The van der Waals surface area contributed by atoms with Crippen LogP contribution in [0.2, 0.25) is 0 Å². The van der Waals surface area contributed by atoms with Gasteiger partial charge in [0.15, 0.2) is 5.82 Å². The van der Waals surface area contributed by atoms with Crippen LogP contribution in [-0.2, 0) is 0 Å². The standard InChI is InChI=1S/C17H21N3/c1-3-15-10-9-13(2)20(15)16-11-12-18-17(19-16)14-7-5-4-6-8-14/h4-8,11-13,15H,3,9-10H2,1-2H3. The summed E-state index contributed by atoms with van der Waals surface area (Å²) in [6.45, 7) is 4.55. The van der Waals surface area contributed by atoms with Gasteiger partial charge in [-0.1, -0.05) is 37.3 Å². The predicted octanol–water partition coefficient (Wildman–Crippen LogP) is 3.91. The molecule has 0 bridgehead atoms. The first kappa shape index (κ1) is 13.1. The van der Waals surface area contributed by atoms with Gasteiger partial charge in [0.25, 0.3) is 0 Å². The zero-order valence-electron chi connectivity index (χ0n) is 12.2. The Balaban J connectivity index is 1.95. The molecule has 104 valence electrons. The Kier molecular flexibility index (Phi) is 3.68. The summed E-state index contributed by atoms with van der Waals surface area (Å²) in [5, 5.41) is 0. The Bertz CT molecular complexity index is 567. The lowest BCUT2D eigenvalue weighted by atomic mass is 10.1. The van der Waals surface area contributed by atoms with Crippen LogP contribution >= 0.6 is 0 Å². The van der Waals surface area contributed by atoms with Crippen molar-refractivity contribution < 1.29 is 0 Å². The molecule has 0 amide bonds. The number of aromatic nitrogens is 2. The summed E-state index contributed by atoms with van der Waals surface area (Å²) in [5.41, 5.74) is 1.08. The minimum Gasteiger partial charge on any atom is -0.351 e. The van der Waals surface area contributed by atoms with Crippen LogP contribution in [0.1, 0.15) is 33.1 Å². The first-order valence-corrected chi connectivity index (χ1v) is 7.46. The van der Waals surface area contributed by atoms with Crippen LogP contribution in [0.25, 0.3) is 11.4 Å². The highest BCUT2D eigenvalue weighted by molar-refractivity contribution is 5.57. The molecule has 1 fully saturated rings. The zero-order chi connectivity index (χ0) is 13.9. The van der Waals surface area contributed by atoms with E-state index >= 15 is 0 Å². The molecule has 1 aromatic carbocycles. The molecule has 20 heavy (non-hydrogen) atoms. The molecule has 1 aliphatic rings. The molecular weight excluding hydrogens is 246 g/mol. The molecular formula is C17H21N3. The Morgan fingerprint density at radius 2 is 1.95 bits per heavy atom. The molecule has 0 spiro atoms. The molecule has 1 saturated heterocycles. The summed E-state index contributed by atoms with van der Waals surface area (Å²) in [5.74, 6) is 1.88. The highest BCUT2D eigenvalue weighted by Crippen LogP contribution is 2.31. The lowest BCUT2D eigenvalue weighted by Gasteiger charge is -2.29. The summed E-state index contributed by atoms with van der Waals surface area (Å²) in [7, 11) is 0. The second-order valence-corrected chi connectivity index (χ2v) is 5.50. The Labute approximate surface area is 120 Å². The number of benzene rings is 1. The Morgan fingerprint density at radius 3 is 2.70 bits per heavy atom. The fourth-order valence-electron chi connectivity index (χ4n) is 3.10. The summed E-state index contributed by atoms with van der Waals surface area (Å²) in [6.07, 6.45) is 5.57. The predicted molar refractivity (Wildman–Crippen MR) is 82.7 cm³/mol. The Hall–Kier alpha value is -1.90. The van der Waals surface area contributed by atoms with Crippen molar-refractivity contribution in [2.75, 3.05) is 4.90 Å². The lowest BCUT2D eigenvalue weighted by molar-refractivity contribution is 0.621.